The van der Waals surface area contributed by atoms with E-state index in [0.717, 1.165) is 28.3 Å². The van der Waals surface area contributed by atoms with Gasteiger partial charge in [-0.25, -0.2) is 0 Å². The topological polar surface area (TPSA) is 60.9 Å². The zero-order valence-electron chi connectivity index (χ0n) is 19.1. The van der Waals surface area contributed by atoms with E-state index in [1.807, 2.05) is 41.0 Å². The summed E-state index contributed by atoms with van der Waals surface area (Å²) in [6.07, 6.45) is 3.12. The van der Waals surface area contributed by atoms with Crippen molar-refractivity contribution in [3.63, 3.8) is 0 Å². The summed E-state index contributed by atoms with van der Waals surface area (Å²) in [6.45, 7) is 0. The number of fused-ring (bicyclic) bond motifs is 2. The van der Waals surface area contributed by atoms with Crippen molar-refractivity contribution in [3.8, 4) is 11.4 Å². The summed E-state index contributed by atoms with van der Waals surface area (Å²) in [5, 5.41) is 7.76. The molecule has 1 aliphatic carbocycles. The fraction of sp³-hybridized carbons (Fsp3) is 0.207. The van der Waals surface area contributed by atoms with Gasteiger partial charge in [0.15, 0.2) is 0 Å². The molecular weight excluding hydrogens is 454 g/mol. The van der Waals surface area contributed by atoms with Gasteiger partial charge in [-0.15, -0.1) is 11.8 Å². The van der Waals surface area contributed by atoms with Gasteiger partial charge in [0.05, 0.1) is 5.03 Å². The maximum atomic E-state index is 13.5. The number of rotatable bonds is 5. The molecule has 35 heavy (non-hydrogen) atoms. The van der Waals surface area contributed by atoms with Crippen molar-refractivity contribution in [2.24, 2.45) is 0 Å². The first-order valence-corrected chi connectivity index (χ1v) is 13.0. The summed E-state index contributed by atoms with van der Waals surface area (Å²) in [4.78, 5) is 18.2. The molecule has 0 unspecified atom stereocenters. The quantitative estimate of drug-likeness (QED) is 0.301. The van der Waals surface area contributed by atoms with Gasteiger partial charge in [-0.3, -0.25) is 9.36 Å². The number of pyridine rings is 1. The van der Waals surface area contributed by atoms with E-state index in [1.165, 1.54) is 34.7 Å². The van der Waals surface area contributed by atoms with E-state index in [0.29, 0.717) is 17.6 Å². The second kappa shape index (κ2) is 8.24. The van der Waals surface area contributed by atoms with E-state index in [2.05, 4.69) is 52.6 Å². The van der Waals surface area contributed by atoms with Gasteiger partial charge >= 0.3 is 0 Å². The summed E-state index contributed by atoms with van der Waals surface area (Å²) in [6, 6.07) is 26.3. The van der Waals surface area contributed by atoms with Crippen molar-refractivity contribution in [1.29, 1.82) is 0 Å². The molecule has 3 aromatic carbocycles. The van der Waals surface area contributed by atoms with Crippen LogP contribution in [0, 0.1) is 0 Å². The Morgan fingerprint density at radius 2 is 1.74 bits per heavy atom. The van der Waals surface area contributed by atoms with Gasteiger partial charge in [-0.05, 0) is 52.6 Å². The molecule has 3 heterocycles. The van der Waals surface area contributed by atoms with Crippen molar-refractivity contribution >= 4 is 22.5 Å². The fourth-order valence-electron chi connectivity index (χ4n) is 5.20. The normalized spacial score (nSPS) is 17.1. The highest BCUT2D eigenvalue weighted by atomic mass is 32.2. The Bertz CT molecular complexity index is 1610. The fourth-order valence-corrected chi connectivity index (χ4v) is 6.62. The molecule has 0 amide bonds. The molecule has 1 aliphatic heterocycles. The molecule has 7 rings (SSSR count). The smallest absolute Gasteiger partial charge is 0.252 e. The highest BCUT2D eigenvalue weighted by Gasteiger charge is 2.37. The van der Waals surface area contributed by atoms with E-state index >= 15 is 0 Å². The van der Waals surface area contributed by atoms with Crippen LogP contribution in [0.4, 0.5) is 0 Å². The van der Waals surface area contributed by atoms with Crippen LogP contribution in [-0.2, 0) is 6.42 Å². The number of aromatic nitrogens is 3. The van der Waals surface area contributed by atoms with Crippen LogP contribution in [0.2, 0.25) is 0 Å². The van der Waals surface area contributed by atoms with Gasteiger partial charge in [0.2, 0.25) is 5.82 Å². The molecular formula is C29H23N3O2S. The first-order chi connectivity index (χ1) is 17.3. The summed E-state index contributed by atoms with van der Waals surface area (Å²) in [5.74, 6) is 2.31. The maximum Gasteiger partial charge on any atom is 0.252 e. The number of benzene rings is 3. The van der Waals surface area contributed by atoms with E-state index in [-0.39, 0.29) is 11.6 Å². The lowest BCUT2D eigenvalue weighted by Gasteiger charge is -2.17. The third-order valence-corrected chi connectivity index (χ3v) is 8.20. The average Bonchev–Trinajstić information content (AvgIpc) is 3.42. The van der Waals surface area contributed by atoms with Crippen LogP contribution in [0.3, 0.4) is 0 Å². The number of hydrogen-bond donors (Lipinski definition) is 0. The molecule has 1 fully saturated rings. The molecule has 5 nitrogen and oxygen atoms in total. The Balaban J connectivity index is 1.30. The maximum absolute atomic E-state index is 13.5. The molecule has 0 radical (unpaired) electrons. The lowest BCUT2D eigenvalue weighted by atomic mass is 9.95. The number of hydrogen-bond acceptors (Lipinski definition) is 5. The highest BCUT2D eigenvalue weighted by molar-refractivity contribution is 7.99. The number of nitrogens with zero attached hydrogens (tertiary/aromatic N) is 3. The van der Waals surface area contributed by atoms with Crippen LogP contribution in [0.1, 0.15) is 47.4 Å². The second-order valence-corrected chi connectivity index (χ2v) is 10.3. The molecule has 1 atom stereocenters. The minimum Gasteiger partial charge on any atom is -0.337 e. The van der Waals surface area contributed by atoms with Gasteiger partial charge < -0.3 is 4.52 Å². The second-order valence-electron chi connectivity index (χ2n) is 9.34. The lowest BCUT2D eigenvalue weighted by Crippen LogP contribution is -2.26. The first kappa shape index (κ1) is 20.7. The van der Waals surface area contributed by atoms with Crippen molar-refractivity contribution in [1.82, 2.24) is 14.7 Å². The van der Waals surface area contributed by atoms with Gasteiger partial charge in [-0.2, -0.15) is 4.98 Å². The van der Waals surface area contributed by atoms with Crippen molar-refractivity contribution in [2.45, 2.75) is 36.2 Å². The Morgan fingerprint density at radius 3 is 2.60 bits per heavy atom. The van der Waals surface area contributed by atoms with Crippen molar-refractivity contribution in [2.75, 3.05) is 5.75 Å². The Kier molecular flexibility index (Phi) is 4.87. The van der Waals surface area contributed by atoms with Crippen molar-refractivity contribution < 1.29 is 4.52 Å². The molecule has 172 valence electrons. The number of thioether (sulfide) groups is 1. The first-order valence-electron chi connectivity index (χ1n) is 12.0. The van der Waals surface area contributed by atoms with Gasteiger partial charge in [0.1, 0.15) is 6.04 Å². The summed E-state index contributed by atoms with van der Waals surface area (Å²) < 4.78 is 7.57. The predicted molar refractivity (Wildman–Crippen MR) is 138 cm³/mol. The Labute approximate surface area is 206 Å². The summed E-state index contributed by atoms with van der Waals surface area (Å²) in [5.41, 5.74) is 4.67. The summed E-state index contributed by atoms with van der Waals surface area (Å²) in [7, 11) is 0. The predicted octanol–water partition coefficient (Wildman–Crippen LogP) is 6.21. The Morgan fingerprint density at radius 1 is 0.943 bits per heavy atom. The molecule has 1 saturated carbocycles. The average molecular weight is 478 g/mol. The third kappa shape index (κ3) is 3.60. The van der Waals surface area contributed by atoms with E-state index in [1.54, 1.807) is 11.8 Å². The van der Waals surface area contributed by atoms with Crippen LogP contribution in [-0.4, -0.2) is 20.5 Å². The summed E-state index contributed by atoms with van der Waals surface area (Å²) >= 11 is 1.75. The van der Waals surface area contributed by atoms with Crippen LogP contribution < -0.4 is 5.56 Å². The van der Waals surface area contributed by atoms with Crippen LogP contribution in [0.25, 0.3) is 22.2 Å². The Hall–Kier alpha value is -3.64. The minimum absolute atomic E-state index is 0.00842. The third-order valence-electron chi connectivity index (χ3n) is 7.03. The monoisotopic (exact) mass is 477 g/mol. The molecule has 2 aliphatic rings. The van der Waals surface area contributed by atoms with Gasteiger partial charge in [0.25, 0.3) is 11.4 Å². The van der Waals surface area contributed by atoms with Crippen molar-refractivity contribution in [3.05, 3.63) is 112 Å². The minimum atomic E-state index is -0.239. The molecule has 0 spiro atoms. The zero-order chi connectivity index (χ0) is 23.4. The SMILES string of the molecule is O=c1cc(Cc2cccc3ccccc23)c(C2CC2)c2n1[C@H](c1nc(-c3ccccc3)no1)CS2. The standard InChI is InChI=1S/C29H23N3O2S/c33-25-16-22(15-21-11-6-10-18-7-4-5-12-23(18)21)26(19-13-14-19)29-32(25)24(17-35-29)28-30-27(31-34-28)20-8-2-1-3-9-20/h1-12,16,19,24H,13-15,17H2/t24-/m0/s1. The molecule has 6 heteroatoms. The molecule has 0 saturated heterocycles. The molecule has 5 aromatic rings. The molecule has 0 bridgehead atoms. The lowest BCUT2D eigenvalue weighted by molar-refractivity contribution is 0.342. The molecule has 2 aromatic heterocycles. The van der Waals surface area contributed by atoms with Gasteiger partial charge in [-0.1, -0.05) is 78.0 Å². The molecule has 0 N–H and O–H groups in total. The highest BCUT2D eigenvalue weighted by Crippen LogP contribution is 2.49. The van der Waals surface area contributed by atoms with Crippen LogP contribution >= 0.6 is 11.8 Å². The zero-order valence-corrected chi connectivity index (χ0v) is 19.9. The largest absolute Gasteiger partial charge is 0.337 e. The van der Waals surface area contributed by atoms with E-state index in [9.17, 15) is 4.79 Å². The van der Waals surface area contributed by atoms with E-state index < -0.39 is 0 Å². The van der Waals surface area contributed by atoms with Crippen LogP contribution in [0.5, 0.6) is 0 Å². The van der Waals surface area contributed by atoms with E-state index in [4.69, 9.17) is 4.52 Å². The van der Waals surface area contributed by atoms with Gasteiger partial charge in [0, 0.05) is 17.4 Å². The van der Waals surface area contributed by atoms with Crippen LogP contribution in [0.15, 0.2) is 93.2 Å².